The molecule has 5 atom stereocenters. The Balaban J connectivity index is 2.01. The Labute approximate surface area is 117 Å². The first kappa shape index (κ1) is 15.2. The Morgan fingerprint density at radius 3 is 2.58 bits per heavy atom. The van der Waals surface area contributed by atoms with Crippen molar-refractivity contribution in [3.8, 4) is 0 Å². The summed E-state index contributed by atoms with van der Waals surface area (Å²) in [7, 11) is 0. The molecule has 1 heterocycles. The first-order valence-corrected chi connectivity index (χ1v) is 8.11. The number of aliphatic hydroxyl groups is 1. The molecule has 1 saturated heterocycles. The maximum absolute atomic E-state index is 14.8. The fraction of sp³-hybridized carbons (Fsp3) is 1.00. The first-order chi connectivity index (χ1) is 9.04. The SMILES string of the molecule is CCCC(CC)CC(F)[C@@H]1[C@@H](O)C(C)CNC12CC2. The molecule has 1 aliphatic carbocycles. The van der Waals surface area contributed by atoms with Crippen molar-refractivity contribution < 1.29 is 9.50 Å². The summed E-state index contributed by atoms with van der Waals surface area (Å²) in [4.78, 5) is 0. The van der Waals surface area contributed by atoms with Gasteiger partial charge in [-0.3, -0.25) is 0 Å². The second kappa shape index (κ2) is 6.09. The van der Waals surface area contributed by atoms with Crippen molar-refractivity contribution in [3.63, 3.8) is 0 Å². The molecule has 0 aromatic heterocycles. The van der Waals surface area contributed by atoms with Crippen molar-refractivity contribution in [2.75, 3.05) is 6.54 Å². The van der Waals surface area contributed by atoms with E-state index in [0.29, 0.717) is 12.3 Å². The van der Waals surface area contributed by atoms with E-state index in [1.165, 1.54) is 0 Å². The minimum absolute atomic E-state index is 0.0736. The van der Waals surface area contributed by atoms with Crippen LogP contribution in [0.15, 0.2) is 0 Å². The molecule has 0 amide bonds. The molecule has 0 aromatic carbocycles. The summed E-state index contributed by atoms with van der Waals surface area (Å²) in [6, 6.07) is 0. The Bertz CT molecular complexity index is 292. The van der Waals surface area contributed by atoms with Crippen LogP contribution in [-0.4, -0.2) is 29.5 Å². The van der Waals surface area contributed by atoms with Crippen LogP contribution in [0.4, 0.5) is 4.39 Å². The molecule has 3 heteroatoms. The molecular weight excluding hydrogens is 241 g/mol. The number of piperidine rings is 1. The van der Waals surface area contributed by atoms with E-state index >= 15 is 0 Å². The summed E-state index contributed by atoms with van der Waals surface area (Å²) >= 11 is 0. The van der Waals surface area contributed by atoms with Crippen LogP contribution in [0.5, 0.6) is 0 Å². The van der Waals surface area contributed by atoms with Crippen molar-refractivity contribution in [1.29, 1.82) is 0 Å². The minimum atomic E-state index is -0.857. The van der Waals surface area contributed by atoms with Gasteiger partial charge < -0.3 is 10.4 Å². The van der Waals surface area contributed by atoms with Gasteiger partial charge in [-0.05, 0) is 31.1 Å². The number of hydrogen-bond acceptors (Lipinski definition) is 2. The second-order valence-corrected chi connectivity index (χ2v) is 6.85. The number of aliphatic hydroxyl groups excluding tert-OH is 1. The van der Waals surface area contributed by atoms with Crippen molar-refractivity contribution >= 4 is 0 Å². The lowest BCUT2D eigenvalue weighted by Gasteiger charge is -2.43. The minimum Gasteiger partial charge on any atom is -0.392 e. The summed E-state index contributed by atoms with van der Waals surface area (Å²) in [5.74, 6) is 0.447. The quantitative estimate of drug-likeness (QED) is 0.777. The summed E-state index contributed by atoms with van der Waals surface area (Å²) in [6.07, 6.45) is 4.64. The van der Waals surface area contributed by atoms with Gasteiger partial charge in [0.1, 0.15) is 6.17 Å². The Morgan fingerprint density at radius 1 is 1.37 bits per heavy atom. The fourth-order valence-electron chi connectivity index (χ4n) is 3.85. The normalized spacial score (nSPS) is 36.2. The molecule has 2 N–H and O–H groups in total. The molecule has 2 rings (SSSR count). The van der Waals surface area contributed by atoms with Crippen molar-refractivity contribution in [1.82, 2.24) is 5.32 Å². The molecule has 0 aromatic rings. The molecule has 3 unspecified atom stereocenters. The third-order valence-electron chi connectivity index (χ3n) is 5.38. The standard InChI is InChI=1S/C16H30FNO/c1-4-6-12(5-2)9-13(17)14-15(19)11(3)10-18-16(14)7-8-16/h11-15,18-19H,4-10H2,1-3H3/t11?,12?,13?,14-,15+/m1/s1. The maximum atomic E-state index is 14.8. The van der Waals surface area contributed by atoms with E-state index in [9.17, 15) is 9.50 Å². The van der Waals surface area contributed by atoms with Gasteiger partial charge >= 0.3 is 0 Å². The van der Waals surface area contributed by atoms with E-state index in [-0.39, 0.29) is 17.4 Å². The second-order valence-electron chi connectivity index (χ2n) is 6.85. The summed E-state index contributed by atoms with van der Waals surface area (Å²) in [6.45, 7) is 7.17. The lowest BCUT2D eigenvalue weighted by molar-refractivity contribution is -0.0403. The van der Waals surface area contributed by atoms with Gasteiger partial charge in [0, 0.05) is 18.0 Å². The highest BCUT2D eigenvalue weighted by Crippen LogP contribution is 2.50. The summed E-state index contributed by atoms with van der Waals surface area (Å²) < 4.78 is 14.8. The lowest BCUT2D eigenvalue weighted by Crippen LogP contribution is -2.58. The number of halogens is 1. The third kappa shape index (κ3) is 3.13. The van der Waals surface area contributed by atoms with E-state index in [2.05, 4.69) is 19.2 Å². The predicted molar refractivity (Wildman–Crippen MR) is 76.8 cm³/mol. The molecule has 2 aliphatic rings. The zero-order chi connectivity index (χ0) is 14.0. The van der Waals surface area contributed by atoms with Gasteiger partial charge in [0.05, 0.1) is 6.10 Å². The molecule has 2 nitrogen and oxygen atoms in total. The van der Waals surface area contributed by atoms with E-state index in [0.717, 1.165) is 38.6 Å². The fourth-order valence-corrected chi connectivity index (χ4v) is 3.85. The van der Waals surface area contributed by atoms with E-state index in [4.69, 9.17) is 0 Å². The van der Waals surface area contributed by atoms with Gasteiger partial charge in [-0.2, -0.15) is 0 Å². The van der Waals surface area contributed by atoms with Crippen LogP contribution in [0.3, 0.4) is 0 Å². The van der Waals surface area contributed by atoms with Crippen LogP contribution in [-0.2, 0) is 0 Å². The van der Waals surface area contributed by atoms with Gasteiger partial charge in [0.25, 0.3) is 0 Å². The van der Waals surface area contributed by atoms with Gasteiger partial charge in [-0.15, -0.1) is 0 Å². The summed E-state index contributed by atoms with van der Waals surface area (Å²) in [5.41, 5.74) is -0.0736. The van der Waals surface area contributed by atoms with Crippen LogP contribution in [0.2, 0.25) is 0 Å². The Morgan fingerprint density at radius 2 is 2.05 bits per heavy atom. The lowest BCUT2D eigenvalue weighted by atomic mass is 9.75. The molecule has 1 saturated carbocycles. The van der Waals surface area contributed by atoms with Crippen LogP contribution >= 0.6 is 0 Å². The smallest absolute Gasteiger partial charge is 0.107 e. The van der Waals surface area contributed by atoms with Gasteiger partial charge in [-0.25, -0.2) is 4.39 Å². The highest BCUT2D eigenvalue weighted by atomic mass is 19.1. The monoisotopic (exact) mass is 271 g/mol. The number of alkyl halides is 1. The molecule has 112 valence electrons. The summed E-state index contributed by atoms with van der Waals surface area (Å²) in [5, 5.41) is 13.9. The number of rotatable bonds is 6. The number of hydrogen-bond donors (Lipinski definition) is 2. The highest BCUT2D eigenvalue weighted by Gasteiger charge is 2.58. The Kier molecular flexibility index (Phi) is 4.88. The van der Waals surface area contributed by atoms with Crippen molar-refractivity contribution in [2.45, 2.75) is 77.1 Å². The van der Waals surface area contributed by atoms with E-state index < -0.39 is 12.3 Å². The zero-order valence-corrected chi connectivity index (χ0v) is 12.7. The molecule has 19 heavy (non-hydrogen) atoms. The average Bonchev–Trinajstić information content (AvgIpc) is 3.14. The topological polar surface area (TPSA) is 32.3 Å². The Hall–Kier alpha value is -0.150. The molecule has 1 spiro atoms. The first-order valence-electron chi connectivity index (χ1n) is 8.11. The van der Waals surface area contributed by atoms with Gasteiger partial charge in [0.2, 0.25) is 0 Å². The van der Waals surface area contributed by atoms with Crippen LogP contribution in [0.25, 0.3) is 0 Å². The highest BCUT2D eigenvalue weighted by molar-refractivity contribution is 5.14. The van der Waals surface area contributed by atoms with E-state index in [1.807, 2.05) is 6.92 Å². The maximum Gasteiger partial charge on any atom is 0.107 e. The van der Waals surface area contributed by atoms with Gasteiger partial charge in [0.15, 0.2) is 0 Å². The number of nitrogens with one attached hydrogen (secondary N) is 1. The van der Waals surface area contributed by atoms with Crippen LogP contribution in [0.1, 0.15) is 59.3 Å². The van der Waals surface area contributed by atoms with E-state index in [1.54, 1.807) is 0 Å². The predicted octanol–water partition coefficient (Wildman–Crippen LogP) is 3.29. The van der Waals surface area contributed by atoms with Gasteiger partial charge in [-0.1, -0.05) is 40.0 Å². The van der Waals surface area contributed by atoms with Crippen LogP contribution in [0, 0.1) is 17.8 Å². The van der Waals surface area contributed by atoms with Crippen molar-refractivity contribution in [3.05, 3.63) is 0 Å². The molecule has 0 bridgehead atoms. The van der Waals surface area contributed by atoms with Crippen molar-refractivity contribution in [2.24, 2.45) is 17.8 Å². The molecule has 1 aliphatic heterocycles. The zero-order valence-electron chi connectivity index (χ0n) is 12.7. The van der Waals surface area contributed by atoms with Crippen LogP contribution < -0.4 is 5.32 Å². The largest absolute Gasteiger partial charge is 0.392 e. The third-order valence-corrected chi connectivity index (χ3v) is 5.38. The molecule has 2 fully saturated rings. The molecular formula is C16H30FNO. The molecule has 0 radical (unpaired) electrons. The average molecular weight is 271 g/mol.